The van der Waals surface area contributed by atoms with E-state index < -0.39 is 0 Å². The van der Waals surface area contributed by atoms with Gasteiger partial charge in [0.15, 0.2) is 0 Å². The Balaban J connectivity index is 1.97. The molecule has 0 bridgehead atoms. The van der Waals surface area contributed by atoms with Gasteiger partial charge in [-0.25, -0.2) is 9.97 Å². The van der Waals surface area contributed by atoms with E-state index in [1.165, 1.54) is 11.3 Å². The molecule has 23 heavy (non-hydrogen) atoms. The van der Waals surface area contributed by atoms with Gasteiger partial charge in [0.1, 0.15) is 10.7 Å². The van der Waals surface area contributed by atoms with E-state index in [0.29, 0.717) is 24.4 Å². The Morgan fingerprint density at radius 1 is 1.35 bits per heavy atom. The maximum absolute atomic E-state index is 12.8. The number of aromatic nitrogens is 2. The summed E-state index contributed by atoms with van der Waals surface area (Å²) in [5, 5.41) is 0.973. The normalized spacial score (nSPS) is 17.9. The molecule has 1 atom stereocenters. The molecule has 2 aromatic heterocycles. The van der Waals surface area contributed by atoms with E-state index in [0.717, 1.165) is 33.7 Å². The number of amides is 2. The second-order valence-corrected chi connectivity index (χ2v) is 6.95. The quantitative estimate of drug-likeness (QED) is 0.928. The van der Waals surface area contributed by atoms with Gasteiger partial charge in [-0.3, -0.25) is 9.59 Å². The lowest BCUT2D eigenvalue weighted by Gasteiger charge is -2.15. The van der Waals surface area contributed by atoms with E-state index in [2.05, 4.69) is 9.97 Å². The summed E-state index contributed by atoms with van der Waals surface area (Å²) in [7, 11) is 0. The van der Waals surface area contributed by atoms with Gasteiger partial charge in [0.05, 0.1) is 10.8 Å². The lowest BCUT2D eigenvalue weighted by molar-refractivity contribution is -0.121. The van der Waals surface area contributed by atoms with E-state index in [4.69, 9.17) is 5.73 Å². The SMILES string of the molecule is CCc1nc(C)c2c(C)c(C(=O)N3CCC(C(N)=O)C3)sc2n1. The summed E-state index contributed by atoms with van der Waals surface area (Å²) in [5.41, 5.74) is 7.19. The number of likely N-dealkylation sites (tertiary alicyclic amines) is 1. The van der Waals surface area contributed by atoms with Gasteiger partial charge >= 0.3 is 0 Å². The minimum atomic E-state index is -0.331. The topological polar surface area (TPSA) is 89.2 Å². The van der Waals surface area contributed by atoms with Crippen molar-refractivity contribution in [3.63, 3.8) is 0 Å². The van der Waals surface area contributed by atoms with Gasteiger partial charge in [0.25, 0.3) is 5.91 Å². The standard InChI is InChI=1S/C16H20N4O2S/c1-4-11-18-9(3)12-8(2)13(23-15(12)19-11)16(22)20-6-5-10(7-20)14(17)21/h10H,4-7H2,1-3H3,(H2,17,21). The first kappa shape index (κ1) is 15.9. The summed E-state index contributed by atoms with van der Waals surface area (Å²) in [4.78, 5) is 36.4. The monoisotopic (exact) mass is 332 g/mol. The van der Waals surface area contributed by atoms with Crippen molar-refractivity contribution in [3.05, 3.63) is 22.0 Å². The smallest absolute Gasteiger partial charge is 0.264 e. The highest BCUT2D eigenvalue weighted by Gasteiger charge is 2.32. The number of thiophene rings is 1. The predicted molar refractivity (Wildman–Crippen MR) is 89.5 cm³/mol. The number of rotatable bonds is 3. The van der Waals surface area contributed by atoms with Crippen molar-refractivity contribution < 1.29 is 9.59 Å². The molecule has 122 valence electrons. The Bertz CT molecular complexity index is 799. The van der Waals surface area contributed by atoms with Crippen LogP contribution in [-0.4, -0.2) is 39.8 Å². The summed E-state index contributed by atoms with van der Waals surface area (Å²) in [6.07, 6.45) is 1.41. The van der Waals surface area contributed by atoms with Crippen LogP contribution in [0.5, 0.6) is 0 Å². The summed E-state index contributed by atoms with van der Waals surface area (Å²) in [5.74, 6) is 0.196. The fourth-order valence-corrected chi connectivity index (χ4v) is 4.30. The highest BCUT2D eigenvalue weighted by atomic mass is 32.1. The van der Waals surface area contributed by atoms with Gasteiger partial charge in [-0.05, 0) is 25.8 Å². The molecule has 2 aromatic rings. The molecule has 1 unspecified atom stereocenters. The van der Waals surface area contributed by atoms with Crippen LogP contribution in [0, 0.1) is 19.8 Å². The average molecular weight is 332 g/mol. The fourth-order valence-electron chi connectivity index (χ4n) is 3.08. The van der Waals surface area contributed by atoms with Crippen LogP contribution in [0.1, 0.15) is 40.1 Å². The zero-order chi connectivity index (χ0) is 16.7. The summed E-state index contributed by atoms with van der Waals surface area (Å²) >= 11 is 1.41. The lowest BCUT2D eigenvalue weighted by Crippen LogP contribution is -2.31. The Labute approximate surface area is 138 Å². The van der Waals surface area contributed by atoms with E-state index in [1.54, 1.807) is 4.90 Å². The van der Waals surface area contributed by atoms with Crippen molar-refractivity contribution in [2.45, 2.75) is 33.6 Å². The molecule has 0 radical (unpaired) electrons. The number of hydrogen-bond donors (Lipinski definition) is 1. The van der Waals surface area contributed by atoms with Gasteiger partial charge in [-0.2, -0.15) is 0 Å². The zero-order valence-electron chi connectivity index (χ0n) is 13.5. The fraction of sp³-hybridized carbons (Fsp3) is 0.500. The van der Waals surface area contributed by atoms with Gasteiger partial charge in [0.2, 0.25) is 5.91 Å². The van der Waals surface area contributed by atoms with E-state index in [-0.39, 0.29) is 17.7 Å². The van der Waals surface area contributed by atoms with Crippen LogP contribution >= 0.6 is 11.3 Å². The van der Waals surface area contributed by atoms with Crippen LogP contribution in [-0.2, 0) is 11.2 Å². The van der Waals surface area contributed by atoms with E-state index in [1.807, 2.05) is 20.8 Å². The number of aryl methyl sites for hydroxylation is 3. The highest BCUT2D eigenvalue weighted by molar-refractivity contribution is 7.20. The summed E-state index contributed by atoms with van der Waals surface area (Å²) < 4.78 is 0. The van der Waals surface area contributed by atoms with Gasteiger partial charge in [0, 0.05) is 30.6 Å². The van der Waals surface area contributed by atoms with Crippen molar-refractivity contribution in [2.75, 3.05) is 13.1 Å². The maximum atomic E-state index is 12.8. The average Bonchev–Trinajstić information content (AvgIpc) is 3.12. The molecule has 3 rings (SSSR count). The minimum absolute atomic E-state index is 0.0355. The Kier molecular flexibility index (Phi) is 4.06. The number of hydrogen-bond acceptors (Lipinski definition) is 5. The molecule has 2 amide bonds. The molecule has 6 nitrogen and oxygen atoms in total. The van der Waals surface area contributed by atoms with E-state index >= 15 is 0 Å². The molecule has 0 aromatic carbocycles. The van der Waals surface area contributed by atoms with Crippen LogP contribution < -0.4 is 5.73 Å². The molecule has 2 N–H and O–H groups in total. The molecule has 0 aliphatic carbocycles. The van der Waals surface area contributed by atoms with Crippen molar-refractivity contribution in [2.24, 2.45) is 11.7 Å². The second kappa shape index (κ2) is 5.88. The molecule has 0 saturated carbocycles. The molecule has 0 spiro atoms. The van der Waals surface area contributed by atoms with Crippen molar-refractivity contribution in [3.8, 4) is 0 Å². The van der Waals surface area contributed by atoms with Crippen LogP contribution in [0.3, 0.4) is 0 Å². The second-order valence-electron chi connectivity index (χ2n) is 5.95. The number of nitrogens with two attached hydrogens (primary N) is 1. The van der Waals surface area contributed by atoms with Gasteiger partial charge in [-0.15, -0.1) is 11.3 Å². The molecular formula is C16H20N4O2S. The number of primary amides is 1. The first-order valence-electron chi connectivity index (χ1n) is 7.77. The number of carbonyl (C=O) groups is 2. The third-order valence-corrected chi connectivity index (χ3v) is 5.58. The number of fused-ring (bicyclic) bond motifs is 1. The van der Waals surface area contributed by atoms with Crippen molar-refractivity contribution >= 4 is 33.4 Å². The molecule has 7 heteroatoms. The Hall–Kier alpha value is -2.02. The minimum Gasteiger partial charge on any atom is -0.369 e. The third kappa shape index (κ3) is 2.69. The molecule has 3 heterocycles. The summed E-state index contributed by atoms with van der Waals surface area (Å²) in [6, 6.07) is 0. The first-order chi connectivity index (χ1) is 10.9. The van der Waals surface area contributed by atoms with Crippen molar-refractivity contribution in [1.82, 2.24) is 14.9 Å². The van der Waals surface area contributed by atoms with Gasteiger partial charge in [-0.1, -0.05) is 6.92 Å². The molecule has 1 aliphatic heterocycles. The summed E-state index contributed by atoms with van der Waals surface area (Å²) in [6.45, 7) is 6.89. The van der Waals surface area contributed by atoms with Crippen LogP contribution in [0.2, 0.25) is 0 Å². The predicted octanol–water partition coefficient (Wildman–Crippen LogP) is 1.82. The number of carbonyl (C=O) groups excluding carboxylic acids is 2. The lowest BCUT2D eigenvalue weighted by atomic mass is 10.1. The molecular weight excluding hydrogens is 312 g/mol. The third-order valence-electron chi connectivity index (χ3n) is 4.41. The van der Waals surface area contributed by atoms with Crippen LogP contribution in [0.25, 0.3) is 10.2 Å². The molecule has 1 fully saturated rings. The van der Waals surface area contributed by atoms with Gasteiger partial charge < -0.3 is 10.6 Å². The number of nitrogens with zero attached hydrogens (tertiary/aromatic N) is 3. The van der Waals surface area contributed by atoms with Crippen LogP contribution in [0.15, 0.2) is 0 Å². The van der Waals surface area contributed by atoms with Crippen molar-refractivity contribution in [1.29, 1.82) is 0 Å². The largest absolute Gasteiger partial charge is 0.369 e. The highest BCUT2D eigenvalue weighted by Crippen LogP contribution is 2.33. The molecule has 1 aliphatic rings. The Morgan fingerprint density at radius 2 is 2.09 bits per heavy atom. The maximum Gasteiger partial charge on any atom is 0.264 e. The van der Waals surface area contributed by atoms with Crippen LogP contribution in [0.4, 0.5) is 0 Å². The van der Waals surface area contributed by atoms with E-state index in [9.17, 15) is 9.59 Å². The zero-order valence-corrected chi connectivity index (χ0v) is 14.4. The first-order valence-corrected chi connectivity index (χ1v) is 8.59. The Morgan fingerprint density at radius 3 is 2.70 bits per heavy atom. The molecule has 1 saturated heterocycles.